The highest BCUT2D eigenvalue weighted by atomic mass is 32.1. The predicted octanol–water partition coefficient (Wildman–Crippen LogP) is 3.60. The van der Waals surface area contributed by atoms with Crippen LogP contribution < -0.4 is 10.2 Å². The SMILES string of the molecule is CCc1nc(Nc2ccc(-c3nc4ccccc4s3)cn2)nc(N2CCN(C)CC2)n1. The molecule has 5 rings (SSSR count). The summed E-state index contributed by atoms with van der Waals surface area (Å²) in [6, 6.07) is 12.1. The first kappa shape index (κ1) is 19.8. The normalized spacial score (nSPS) is 14.8. The number of anilines is 3. The Kier molecular flexibility index (Phi) is 5.44. The molecule has 0 saturated carbocycles. The molecule has 1 N–H and O–H groups in total. The van der Waals surface area contributed by atoms with Gasteiger partial charge in [0.15, 0.2) is 0 Å². The number of rotatable bonds is 5. The summed E-state index contributed by atoms with van der Waals surface area (Å²) in [6.07, 6.45) is 2.59. The Labute approximate surface area is 185 Å². The van der Waals surface area contributed by atoms with Crippen LogP contribution in [0.25, 0.3) is 20.8 Å². The van der Waals surface area contributed by atoms with Crippen molar-refractivity contribution in [2.75, 3.05) is 43.4 Å². The van der Waals surface area contributed by atoms with Gasteiger partial charge >= 0.3 is 0 Å². The number of hydrogen-bond donors (Lipinski definition) is 1. The van der Waals surface area contributed by atoms with Crippen LogP contribution in [-0.4, -0.2) is 63.0 Å². The van der Waals surface area contributed by atoms with E-state index in [0.717, 1.165) is 60.5 Å². The van der Waals surface area contributed by atoms with Crippen LogP contribution in [0.1, 0.15) is 12.7 Å². The van der Waals surface area contributed by atoms with Gasteiger partial charge in [-0.3, -0.25) is 0 Å². The Bertz CT molecular complexity index is 1150. The second kappa shape index (κ2) is 8.52. The number of likely N-dealkylation sites (N-methyl/N-ethyl adjacent to an activating group) is 1. The standard InChI is InChI=1S/C22H24N8S/c1-3-18-25-21(28-22(27-18)30-12-10-29(2)11-13-30)26-19-9-8-15(14-23-19)20-24-16-6-4-5-7-17(16)31-20/h4-9,14H,3,10-13H2,1-2H3,(H,23,25,26,27,28). The van der Waals surface area contributed by atoms with Gasteiger partial charge in [-0.15, -0.1) is 11.3 Å². The van der Waals surface area contributed by atoms with Crippen LogP contribution in [0.4, 0.5) is 17.7 Å². The van der Waals surface area contributed by atoms with Gasteiger partial charge in [0.2, 0.25) is 11.9 Å². The molecule has 3 aromatic heterocycles. The summed E-state index contributed by atoms with van der Waals surface area (Å²) in [5, 5.41) is 4.21. The Morgan fingerprint density at radius 2 is 1.81 bits per heavy atom. The number of para-hydroxylation sites is 1. The lowest BCUT2D eigenvalue weighted by atomic mass is 10.3. The molecule has 1 fully saturated rings. The van der Waals surface area contributed by atoms with Crippen LogP contribution in [0.5, 0.6) is 0 Å². The number of nitrogens with one attached hydrogen (secondary N) is 1. The molecular formula is C22H24N8S. The average Bonchev–Trinajstić information content (AvgIpc) is 3.24. The number of nitrogens with zero attached hydrogens (tertiary/aromatic N) is 7. The quantitative estimate of drug-likeness (QED) is 0.512. The van der Waals surface area contributed by atoms with E-state index in [0.29, 0.717) is 11.8 Å². The lowest BCUT2D eigenvalue weighted by molar-refractivity contribution is 0.311. The third-order valence-corrected chi connectivity index (χ3v) is 6.40. The van der Waals surface area contributed by atoms with Crippen molar-refractivity contribution in [2.24, 2.45) is 0 Å². The van der Waals surface area contributed by atoms with Crippen molar-refractivity contribution in [1.29, 1.82) is 0 Å². The van der Waals surface area contributed by atoms with Crippen molar-refractivity contribution in [2.45, 2.75) is 13.3 Å². The minimum Gasteiger partial charge on any atom is -0.338 e. The molecule has 1 saturated heterocycles. The van der Waals surface area contributed by atoms with Crippen molar-refractivity contribution in [1.82, 2.24) is 29.8 Å². The summed E-state index contributed by atoms with van der Waals surface area (Å²) in [5.74, 6) is 2.73. The van der Waals surface area contributed by atoms with E-state index in [9.17, 15) is 0 Å². The number of fused-ring (bicyclic) bond motifs is 1. The third-order valence-electron chi connectivity index (χ3n) is 5.32. The number of aryl methyl sites for hydroxylation is 1. The number of pyridine rings is 1. The monoisotopic (exact) mass is 432 g/mol. The summed E-state index contributed by atoms with van der Waals surface area (Å²) in [6.45, 7) is 5.89. The zero-order valence-corrected chi connectivity index (χ0v) is 18.4. The molecule has 1 aromatic carbocycles. The van der Waals surface area contributed by atoms with Crippen LogP contribution in [0, 0.1) is 0 Å². The molecule has 0 unspecified atom stereocenters. The van der Waals surface area contributed by atoms with Gasteiger partial charge in [-0.25, -0.2) is 9.97 Å². The molecule has 0 aliphatic carbocycles. The number of benzene rings is 1. The van der Waals surface area contributed by atoms with Gasteiger partial charge < -0.3 is 15.1 Å². The lowest BCUT2D eigenvalue weighted by Gasteiger charge is -2.32. The topological polar surface area (TPSA) is 83.0 Å². The Morgan fingerprint density at radius 1 is 0.968 bits per heavy atom. The minimum atomic E-state index is 0.529. The Morgan fingerprint density at radius 3 is 2.55 bits per heavy atom. The summed E-state index contributed by atoms with van der Waals surface area (Å²) in [5.41, 5.74) is 2.01. The summed E-state index contributed by atoms with van der Waals surface area (Å²) < 4.78 is 1.17. The van der Waals surface area contributed by atoms with E-state index < -0.39 is 0 Å². The van der Waals surface area contributed by atoms with E-state index in [4.69, 9.17) is 4.98 Å². The smallest absolute Gasteiger partial charge is 0.233 e. The molecule has 4 aromatic rings. The van der Waals surface area contributed by atoms with Crippen LogP contribution in [0.15, 0.2) is 42.6 Å². The number of aromatic nitrogens is 5. The van der Waals surface area contributed by atoms with E-state index in [1.54, 1.807) is 11.3 Å². The maximum Gasteiger partial charge on any atom is 0.233 e. The molecule has 8 nitrogen and oxygen atoms in total. The van der Waals surface area contributed by atoms with Gasteiger partial charge in [0.25, 0.3) is 0 Å². The van der Waals surface area contributed by atoms with Gasteiger partial charge in [0.05, 0.1) is 10.2 Å². The maximum absolute atomic E-state index is 4.70. The van der Waals surface area contributed by atoms with Crippen LogP contribution in [0.3, 0.4) is 0 Å². The molecule has 4 heterocycles. The van der Waals surface area contributed by atoms with E-state index in [1.165, 1.54) is 4.70 Å². The fraction of sp³-hybridized carbons (Fsp3) is 0.318. The summed E-state index contributed by atoms with van der Waals surface area (Å²) >= 11 is 1.67. The fourth-order valence-electron chi connectivity index (χ4n) is 3.47. The fourth-order valence-corrected chi connectivity index (χ4v) is 4.43. The molecule has 0 bridgehead atoms. The molecule has 0 atom stereocenters. The van der Waals surface area contributed by atoms with Crippen LogP contribution in [-0.2, 0) is 6.42 Å². The first-order valence-electron chi connectivity index (χ1n) is 10.5. The molecule has 1 aliphatic rings. The molecule has 158 valence electrons. The van der Waals surface area contributed by atoms with Gasteiger partial charge in [0.1, 0.15) is 16.6 Å². The number of hydrogen-bond acceptors (Lipinski definition) is 9. The largest absolute Gasteiger partial charge is 0.338 e. The zero-order chi connectivity index (χ0) is 21.2. The van der Waals surface area contributed by atoms with Crippen LogP contribution in [0.2, 0.25) is 0 Å². The van der Waals surface area contributed by atoms with E-state index in [-0.39, 0.29) is 0 Å². The third kappa shape index (κ3) is 4.33. The van der Waals surface area contributed by atoms with Crippen molar-refractivity contribution in [3.05, 3.63) is 48.4 Å². The van der Waals surface area contributed by atoms with Crippen molar-refractivity contribution < 1.29 is 0 Å². The molecule has 0 radical (unpaired) electrons. The van der Waals surface area contributed by atoms with Gasteiger partial charge in [0, 0.05) is 44.4 Å². The highest BCUT2D eigenvalue weighted by molar-refractivity contribution is 7.21. The molecular weight excluding hydrogens is 408 g/mol. The van der Waals surface area contributed by atoms with Crippen molar-refractivity contribution in [3.8, 4) is 10.6 Å². The van der Waals surface area contributed by atoms with E-state index in [1.807, 2.05) is 36.5 Å². The second-order valence-electron chi connectivity index (χ2n) is 7.56. The highest BCUT2D eigenvalue weighted by Gasteiger charge is 2.18. The second-order valence-corrected chi connectivity index (χ2v) is 8.59. The molecule has 1 aliphatic heterocycles. The Hall–Kier alpha value is -3.17. The van der Waals surface area contributed by atoms with E-state index in [2.05, 4.69) is 55.1 Å². The highest BCUT2D eigenvalue weighted by Crippen LogP contribution is 2.30. The van der Waals surface area contributed by atoms with E-state index >= 15 is 0 Å². The first-order chi connectivity index (χ1) is 15.2. The summed E-state index contributed by atoms with van der Waals surface area (Å²) in [7, 11) is 2.14. The predicted molar refractivity (Wildman–Crippen MR) is 125 cm³/mol. The van der Waals surface area contributed by atoms with Gasteiger partial charge in [-0.2, -0.15) is 15.0 Å². The van der Waals surface area contributed by atoms with Crippen molar-refractivity contribution in [3.63, 3.8) is 0 Å². The maximum atomic E-state index is 4.70. The average molecular weight is 433 g/mol. The molecule has 0 spiro atoms. The summed E-state index contributed by atoms with van der Waals surface area (Å²) in [4.78, 5) is 27.6. The lowest BCUT2D eigenvalue weighted by Crippen LogP contribution is -2.45. The minimum absolute atomic E-state index is 0.529. The van der Waals surface area contributed by atoms with Gasteiger partial charge in [-0.05, 0) is 31.3 Å². The van der Waals surface area contributed by atoms with Gasteiger partial charge in [-0.1, -0.05) is 19.1 Å². The van der Waals surface area contributed by atoms with Crippen molar-refractivity contribution >= 4 is 39.3 Å². The zero-order valence-electron chi connectivity index (χ0n) is 17.6. The Balaban J connectivity index is 1.36. The molecule has 9 heteroatoms. The molecule has 0 amide bonds. The number of thiazole rings is 1. The first-order valence-corrected chi connectivity index (χ1v) is 11.3. The number of piperazine rings is 1. The van der Waals surface area contributed by atoms with Crippen LogP contribution >= 0.6 is 11.3 Å². The molecule has 31 heavy (non-hydrogen) atoms.